The van der Waals surface area contributed by atoms with E-state index in [4.69, 9.17) is 0 Å². The Hall–Kier alpha value is -0.820. The van der Waals surface area contributed by atoms with Gasteiger partial charge in [0.2, 0.25) is 0 Å². The average Bonchev–Trinajstić information content (AvgIpc) is 2.62. The first-order valence-electron chi connectivity index (χ1n) is 6.03. The van der Waals surface area contributed by atoms with E-state index >= 15 is 0 Å². The van der Waals surface area contributed by atoms with Gasteiger partial charge < -0.3 is 5.32 Å². The third-order valence-electron chi connectivity index (χ3n) is 3.37. The molecule has 0 bridgehead atoms. The van der Waals surface area contributed by atoms with Crippen molar-refractivity contribution in [3.8, 4) is 0 Å². The Morgan fingerprint density at radius 1 is 1.33 bits per heavy atom. The summed E-state index contributed by atoms with van der Waals surface area (Å²) in [6, 6.07) is 9.52. The van der Waals surface area contributed by atoms with E-state index in [1.54, 1.807) is 0 Å². The second kappa shape index (κ2) is 4.80. The van der Waals surface area contributed by atoms with Crippen LogP contribution in [0.15, 0.2) is 24.3 Å². The maximum Gasteiger partial charge on any atom is 0.0208 e. The second-order valence-electron chi connectivity index (χ2n) is 4.99. The van der Waals surface area contributed by atoms with Gasteiger partial charge in [0, 0.05) is 12.6 Å². The highest BCUT2D eigenvalue weighted by Gasteiger charge is 2.20. The number of aryl methyl sites for hydroxylation is 1. The van der Waals surface area contributed by atoms with Gasteiger partial charge in [0.15, 0.2) is 0 Å². The summed E-state index contributed by atoms with van der Waals surface area (Å²) in [5.41, 5.74) is 2.77. The normalized spacial score (nSPS) is 25.7. The fourth-order valence-corrected chi connectivity index (χ4v) is 2.48. The van der Waals surface area contributed by atoms with E-state index in [1.807, 2.05) is 0 Å². The summed E-state index contributed by atoms with van der Waals surface area (Å²) in [7, 11) is 0. The molecule has 15 heavy (non-hydrogen) atoms. The second-order valence-corrected chi connectivity index (χ2v) is 4.99. The van der Waals surface area contributed by atoms with Gasteiger partial charge in [-0.2, -0.15) is 0 Å². The van der Waals surface area contributed by atoms with E-state index in [0.29, 0.717) is 0 Å². The van der Waals surface area contributed by atoms with E-state index in [-0.39, 0.29) is 0 Å². The quantitative estimate of drug-likeness (QED) is 0.795. The molecule has 1 heteroatoms. The van der Waals surface area contributed by atoms with Crippen LogP contribution < -0.4 is 5.32 Å². The van der Waals surface area contributed by atoms with E-state index in [1.165, 1.54) is 30.4 Å². The van der Waals surface area contributed by atoms with Crippen LogP contribution in [-0.4, -0.2) is 6.04 Å². The Balaban J connectivity index is 1.83. The van der Waals surface area contributed by atoms with Gasteiger partial charge in [0.1, 0.15) is 0 Å². The maximum atomic E-state index is 3.66. The standard InChI is InChI=1S/C14H21N/c1-11-4-3-5-13(8-11)10-15-14-7-6-12(2)9-14/h3-5,8,12,14-15H,6-7,9-10H2,1-2H3. The molecule has 0 spiro atoms. The first-order chi connectivity index (χ1) is 7.24. The Labute approximate surface area is 92.9 Å². The molecule has 0 radical (unpaired) electrons. The minimum Gasteiger partial charge on any atom is -0.310 e. The third-order valence-corrected chi connectivity index (χ3v) is 3.37. The summed E-state index contributed by atoms with van der Waals surface area (Å²) in [4.78, 5) is 0. The smallest absolute Gasteiger partial charge is 0.0208 e. The predicted octanol–water partition coefficient (Wildman–Crippen LogP) is 3.27. The van der Waals surface area contributed by atoms with Crippen molar-refractivity contribution >= 4 is 0 Å². The van der Waals surface area contributed by atoms with Crippen LogP contribution in [0, 0.1) is 12.8 Å². The molecule has 2 atom stereocenters. The molecule has 82 valence electrons. The molecule has 2 rings (SSSR count). The largest absolute Gasteiger partial charge is 0.310 e. The number of rotatable bonds is 3. The van der Waals surface area contributed by atoms with Crippen LogP contribution in [0.25, 0.3) is 0 Å². The summed E-state index contributed by atoms with van der Waals surface area (Å²) in [5.74, 6) is 0.917. The molecule has 1 aromatic rings. The van der Waals surface area contributed by atoms with Gasteiger partial charge in [-0.25, -0.2) is 0 Å². The zero-order valence-electron chi connectivity index (χ0n) is 9.79. The Bertz CT molecular complexity index is 319. The molecule has 1 aliphatic carbocycles. The molecule has 0 amide bonds. The van der Waals surface area contributed by atoms with Crippen LogP contribution in [0.1, 0.15) is 37.3 Å². The molecule has 0 aliphatic heterocycles. The fraction of sp³-hybridized carbons (Fsp3) is 0.571. The fourth-order valence-electron chi connectivity index (χ4n) is 2.48. The van der Waals surface area contributed by atoms with Crippen molar-refractivity contribution in [2.24, 2.45) is 5.92 Å². The predicted molar refractivity (Wildman–Crippen MR) is 64.8 cm³/mol. The lowest BCUT2D eigenvalue weighted by atomic mass is 10.1. The number of hydrogen-bond acceptors (Lipinski definition) is 1. The molecular weight excluding hydrogens is 182 g/mol. The van der Waals surface area contributed by atoms with Gasteiger partial charge in [-0.3, -0.25) is 0 Å². The molecule has 1 N–H and O–H groups in total. The number of nitrogens with one attached hydrogen (secondary N) is 1. The van der Waals surface area contributed by atoms with E-state index in [9.17, 15) is 0 Å². The molecular formula is C14H21N. The van der Waals surface area contributed by atoms with Crippen LogP contribution in [0.4, 0.5) is 0 Å². The average molecular weight is 203 g/mol. The minimum absolute atomic E-state index is 0.750. The summed E-state index contributed by atoms with van der Waals surface area (Å²) >= 11 is 0. The molecule has 0 heterocycles. The lowest BCUT2D eigenvalue weighted by Gasteiger charge is -2.12. The van der Waals surface area contributed by atoms with Crippen molar-refractivity contribution in [1.29, 1.82) is 0 Å². The zero-order valence-corrected chi connectivity index (χ0v) is 9.79. The van der Waals surface area contributed by atoms with Crippen molar-refractivity contribution in [2.45, 2.75) is 45.7 Å². The number of hydrogen-bond donors (Lipinski definition) is 1. The van der Waals surface area contributed by atoms with Crippen LogP contribution in [-0.2, 0) is 6.54 Å². The van der Waals surface area contributed by atoms with Crippen molar-refractivity contribution < 1.29 is 0 Å². The van der Waals surface area contributed by atoms with Crippen molar-refractivity contribution in [1.82, 2.24) is 5.32 Å². The van der Waals surface area contributed by atoms with Crippen molar-refractivity contribution in [3.05, 3.63) is 35.4 Å². The highest BCUT2D eigenvalue weighted by molar-refractivity contribution is 5.22. The third kappa shape index (κ3) is 3.07. The Kier molecular flexibility index (Phi) is 3.42. The van der Waals surface area contributed by atoms with Crippen LogP contribution in [0.3, 0.4) is 0 Å². The summed E-state index contributed by atoms with van der Waals surface area (Å²) in [6.07, 6.45) is 4.10. The summed E-state index contributed by atoms with van der Waals surface area (Å²) in [6.45, 7) is 5.54. The van der Waals surface area contributed by atoms with E-state index < -0.39 is 0 Å². The lowest BCUT2D eigenvalue weighted by Crippen LogP contribution is -2.25. The van der Waals surface area contributed by atoms with Gasteiger partial charge in [-0.15, -0.1) is 0 Å². The molecule has 2 unspecified atom stereocenters. The molecule has 1 aliphatic rings. The molecule has 1 saturated carbocycles. The van der Waals surface area contributed by atoms with Gasteiger partial charge in [-0.1, -0.05) is 36.8 Å². The minimum atomic E-state index is 0.750. The number of benzene rings is 1. The summed E-state index contributed by atoms with van der Waals surface area (Å²) < 4.78 is 0. The van der Waals surface area contributed by atoms with Gasteiger partial charge in [0.25, 0.3) is 0 Å². The molecule has 1 nitrogen and oxygen atoms in total. The Morgan fingerprint density at radius 3 is 2.87 bits per heavy atom. The molecule has 0 saturated heterocycles. The SMILES string of the molecule is Cc1cccc(CNC2CCC(C)C2)c1. The van der Waals surface area contributed by atoms with Gasteiger partial charge in [0.05, 0.1) is 0 Å². The van der Waals surface area contributed by atoms with Gasteiger partial charge >= 0.3 is 0 Å². The van der Waals surface area contributed by atoms with E-state index in [2.05, 4.69) is 43.4 Å². The van der Waals surface area contributed by atoms with Crippen LogP contribution >= 0.6 is 0 Å². The first kappa shape index (κ1) is 10.7. The van der Waals surface area contributed by atoms with Crippen molar-refractivity contribution in [2.75, 3.05) is 0 Å². The van der Waals surface area contributed by atoms with E-state index in [0.717, 1.165) is 18.5 Å². The monoisotopic (exact) mass is 203 g/mol. The molecule has 1 fully saturated rings. The Morgan fingerprint density at radius 2 is 2.20 bits per heavy atom. The van der Waals surface area contributed by atoms with Crippen LogP contribution in [0.2, 0.25) is 0 Å². The van der Waals surface area contributed by atoms with Gasteiger partial charge in [-0.05, 0) is 37.7 Å². The molecule has 1 aromatic carbocycles. The highest BCUT2D eigenvalue weighted by atomic mass is 14.9. The van der Waals surface area contributed by atoms with Crippen LogP contribution in [0.5, 0.6) is 0 Å². The van der Waals surface area contributed by atoms with Crippen molar-refractivity contribution in [3.63, 3.8) is 0 Å². The highest BCUT2D eigenvalue weighted by Crippen LogP contribution is 2.24. The maximum absolute atomic E-state index is 3.66. The topological polar surface area (TPSA) is 12.0 Å². The lowest BCUT2D eigenvalue weighted by molar-refractivity contribution is 0.502. The zero-order chi connectivity index (χ0) is 10.7. The summed E-state index contributed by atoms with van der Waals surface area (Å²) in [5, 5.41) is 3.66. The molecule has 0 aromatic heterocycles. The first-order valence-corrected chi connectivity index (χ1v) is 6.03.